The van der Waals surface area contributed by atoms with E-state index in [4.69, 9.17) is 0 Å². The molecular weight excluding hydrogens is 264 g/mol. The average molecular weight is 294 g/mol. The second-order valence-electron chi connectivity index (χ2n) is 7.38. The molecule has 0 aromatic rings. The van der Waals surface area contributed by atoms with Crippen molar-refractivity contribution in [2.75, 3.05) is 6.54 Å². The number of piperazine rings is 1. The lowest BCUT2D eigenvalue weighted by atomic mass is 9.87. The molecule has 1 saturated carbocycles. The van der Waals surface area contributed by atoms with Gasteiger partial charge in [0.1, 0.15) is 11.6 Å². The Balaban J connectivity index is 2.19. The van der Waals surface area contributed by atoms with E-state index >= 15 is 0 Å². The van der Waals surface area contributed by atoms with Gasteiger partial charge in [-0.2, -0.15) is 0 Å². The number of carbonyl (C=O) groups is 2. The maximum atomic E-state index is 12.9. The summed E-state index contributed by atoms with van der Waals surface area (Å²) >= 11 is 0. The highest BCUT2D eigenvalue weighted by Gasteiger charge is 2.48. The van der Waals surface area contributed by atoms with Crippen LogP contribution in [0.3, 0.4) is 0 Å². The number of nitrogens with one attached hydrogen (secondary N) is 1. The number of amides is 2. The lowest BCUT2D eigenvalue weighted by molar-refractivity contribution is -0.158. The van der Waals surface area contributed by atoms with Gasteiger partial charge in [-0.1, -0.05) is 33.6 Å². The lowest BCUT2D eigenvalue weighted by Crippen LogP contribution is -2.70. The Labute approximate surface area is 128 Å². The summed E-state index contributed by atoms with van der Waals surface area (Å²) in [5, 5.41) is 2.96. The van der Waals surface area contributed by atoms with Gasteiger partial charge in [-0.15, -0.1) is 0 Å². The van der Waals surface area contributed by atoms with E-state index in [-0.39, 0.29) is 17.9 Å². The summed E-state index contributed by atoms with van der Waals surface area (Å²) in [5.74, 6) is 1.12. The summed E-state index contributed by atoms with van der Waals surface area (Å²) in [7, 11) is 0. The molecule has 2 rings (SSSR count). The maximum Gasteiger partial charge on any atom is 0.246 e. The van der Waals surface area contributed by atoms with Gasteiger partial charge in [0.05, 0.1) is 0 Å². The third kappa shape index (κ3) is 3.24. The third-order valence-corrected chi connectivity index (χ3v) is 5.27. The zero-order chi connectivity index (χ0) is 15.6. The monoisotopic (exact) mass is 294 g/mol. The molecule has 0 spiro atoms. The van der Waals surface area contributed by atoms with E-state index in [1.54, 1.807) is 0 Å². The van der Waals surface area contributed by atoms with E-state index in [1.807, 2.05) is 18.7 Å². The first-order valence-corrected chi connectivity index (χ1v) is 8.51. The molecule has 2 atom stereocenters. The number of hydrogen-bond acceptors (Lipinski definition) is 2. The molecule has 1 N–H and O–H groups in total. The first-order chi connectivity index (χ1) is 9.88. The van der Waals surface area contributed by atoms with Gasteiger partial charge in [0.25, 0.3) is 0 Å². The summed E-state index contributed by atoms with van der Waals surface area (Å²) in [5.41, 5.74) is -0.673. The highest BCUT2D eigenvalue weighted by Crippen LogP contribution is 2.32. The molecule has 2 unspecified atom stereocenters. The first-order valence-electron chi connectivity index (χ1n) is 8.51. The van der Waals surface area contributed by atoms with Crippen molar-refractivity contribution in [3.05, 3.63) is 0 Å². The molecule has 1 heterocycles. The Kier molecular flexibility index (Phi) is 4.95. The van der Waals surface area contributed by atoms with Gasteiger partial charge in [-0.25, -0.2) is 0 Å². The Bertz CT molecular complexity index is 402. The Hall–Kier alpha value is -1.06. The Morgan fingerprint density at radius 3 is 2.43 bits per heavy atom. The van der Waals surface area contributed by atoms with Crippen LogP contribution < -0.4 is 5.32 Å². The Morgan fingerprint density at radius 1 is 1.29 bits per heavy atom. The molecule has 2 fully saturated rings. The lowest BCUT2D eigenvalue weighted by Gasteiger charge is -2.47. The molecule has 0 bridgehead atoms. The molecule has 4 heteroatoms. The molecule has 1 aliphatic heterocycles. The molecule has 4 nitrogen and oxygen atoms in total. The second kappa shape index (κ2) is 6.37. The SMILES string of the molecule is CCC1(C)C(=O)NC(CC(C)C)C(=O)N1CC1CCCC1. The van der Waals surface area contributed by atoms with Crippen LogP contribution in [0.1, 0.15) is 66.2 Å². The largest absolute Gasteiger partial charge is 0.342 e. The third-order valence-electron chi connectivity index (χ3n) is 5.27. The molecule has 2 aliphatic rings. The van der Waals surface area contributed by atoms with E-state index in [1.165, 1.54) is 25.7 Å². The number of hydrogen-bond donors (Lipinski definition) is 1. The summed E-state index contributed by atoms with van der Waals surface area (Å²) < 4.78 is 0. The fourth-order valence-electron chi connectivity index (χ4n) is 3.65. The molecular formula is C17H30N2O2. The number of rotatable bonds is 5. The smallest absolute Gasteiger partial charge is 0.246 e. The molecule has 120 valence electrons. The highest BCUT2D eigenvalue weighted by atomic mass is 16.2. The van der Waals surface area contributed by atoms with Crippen LogP contribution in [0.4, 0.5) is 0 Å². The number of nitrogens with zero attached hydrogens (tertiary/aromatic N) is 1. The van der Waals surface area contributed by atoms with Crippen LogP contribution in [0.5, 0.6) is 0 Å². The van der Waals surface area contributed by atoms with Gasteiger partial charge in [-0.3, -0.25) is 9.59 Å². The minimum Gasteiger partial charge on any atom is -0.342 e. The number of carbonyl (C=O) groups excluding carboxylic acids is 2. The predicted molar refractivity (Wildman–Crippen MR) is 83.8 cm³/mol. The topological polar surface area (TPSA) is 49.4 Å². The minimum absolute atomic E-state index is 0.0215. The van der Waals surface area contributed by atoms with Crippen LogP contribution in [-0.2, 0) is 9.59 Å². The first kappa shape index (κ1) is 16.3. The standard InChI is InChI=1S/C17H30N2O2/c1-5-17(4)16(21)18-14(10-12(2)3)15(20)19(17)11-13-8-6-7-9-13/h12-14H,5-11H2,1-4H3,(H,18,21). The molecule has 0 radical (unpaired) electrons. The van der Waals surface area contributed by atoms with Gasteiger partial charge in [0.2, 0.25) is 11.8 Å². The molecule has 1 saturated heterocycles. The average Bonchev–Trinajstić information content (AvgIpc) is 2.93. The van der Waals surface area contributed by atoms with Crippen LogP contribution in [-0.4, -0.2) is 34.8 Å². The molecule has 2 amide bonds. The fraction of sp³-hybridized carbons (Fsp3) is 0.882. The van der Waals surface area contributed by atoms with Crippen LogP contribution in [0.15, 0.2) is 0 Å². The quantitative estimate of drug-likeness (QED) is 0.847. The second-order valence-corrected chi connectivity index (χ2v) is 7.38. The van der Waals surface area contributed by atoms with E-state index in [0.717, 1.165) is 13.0 Å². The molecule has 0 aromatic carbocycles. The van der Waals surface area contributed by atoms with E-state index in [2.05, 4.69) is 19.2 Å². The van der Waals surface area contributed by atoms with Crippen molar-refractivity contribution >= 4 is 11.8 Å². The van der Waals surface area contributed by atoms with Gasteiger partial charge >= 0.3 is 0 Å². The molecule has 0 aromatic heterocycles. The predicted octanol–water partition coefficient (Wildman–Crippen LogP) is 2.72. The van der Waals surface area contributed by atoms with Crippen LogP contribution in [0.25, 0.3) is 0 Å². The van der Waals surface area contributed by atoms with Crippen molar-refractivity contribution in [2.45, 2.75) is 77.8 Å². The zero-order valence-electron chi connectivity index (χ0n) is 13.9. The molecule has 21 heavy (non-hydrogen) atoms. The van der Waals surface area contributed by atoms with E-state index in [0.29, 0.717) is 18.3 Å². The van der Waals surface area contributed by atoms with Crippen LogP contribution >= 0.6 is 0 Å². The summed E-state index contributed by atoms with van der Waals surface area (Å²) in [6.07, 6.45) is 6.31. The summed E-state index contributed by atoms with van der Waals surface area (Å²) in [6.45, 7) is 8.85. The van der Waals surface area contributed by atoms with Crippen LogP contribution in [0.2, 0.25) is 0 Å². The highest BCUT2D eigenvalue weighted by molar-refractivity contribution is 5.99. The summed E-state index contributed by atoms with van der Waals surface area (Å²) in [6, 6.07) is -0.335. The van der Waals surface area contributed by atoms with Crippen molar-refractivity contribution in [3.63, 3.8) is 0 Å². The van der Waals surface area contributed by atoms with Crippen molar-refractivity contribution in [3.8, 4) is 0 Å². The van der Waals surface area contributed by atoms with Crippen molar-refractivity contribution in [2.24, 2.45) is 11.8 Å². The van der Waals surface area contributed by atoms with Crippen molar-refractivity contribution in [1.29, 1.82) is 0 Å². The van der Waals surface area contributed by atoms with Gasteiger partial charge in [0.15, 0.2) is 0 Å². The molecule has 1 aliphatic carbocycles. The minimum atomic E-state index is -0.673. The fourth-order valence-corrected chi connectivity index (χ4v) is 3.65. The maximum absolute atomic E-state index is 12.9. The van der Waals surface area contributed by atoms with Crippen molar-refractivity contribution in [1.82, 2.24) is 10.2 Å². The Morgan fingerprint density at radius 2 is 1.90 bits per heavy atom. The van der Waals surface area contributed by atoms with Crippen LogP contribution in [0, 0.1) is 11.8 Å². The summed E-state index contributed by atoms with van der Waals surface area (Å²) in [4.78, 5) is 27.3. The van der Waals surface area contributed by atoms with Gasteiger partial charge in [-0.05, 0) is 44.4 Å². The van der Waals surface area contributed by atoms with Gasteiger partial charge < -0.3 is 10.2 Å². The van der Waals surface area contributed by atoms with E-state index < -0.39 is 5.54 Å². The zero-order valence-corrected chi connectivity index (χ0v) is 13.9. The van der Waals surface area contributed by atoms with E-state index in [9.17, 15) is 9.59 Å². The van der Waals surface area contributed by atoms with Crippen molar-refractivity contribution < 1.29 is 9.59 Å². The normalized spacial score (nSPS) is 31.1. The van der Waals surface area contributed by atoms with Gasteiger partial charge in [0, 0.05) is 6.54 Å².